The van der Waals surface area contributed by atoms with E-state index in [1.165, 1.54) is 5.56 Å². The molecule has 0 saturated heterocycles. The summed E-state index contributed by atoms with van der Waals surface area (Å²) in [5.74, 6) is 0.0572. The van der Waals surface area contributed by atoms with Gasteiger partial charge in [-0.2, -0.15) is 0 Å². The molecule has 0 aliphatic rings. The van der Waals surface area contributed by atoms with Crippen LogP contribution in [0.3, 0.4) is 0 Å². The predicted molar refractivity (Wildman–Crippen MR) is 73.2 cm³/mol. The van der Waals surface area contributed by atoms with Crippen LogP contribution in [0.25, 0.3) is 0 Å². The third-order valence-corrected chi connectivity index (χ3v) is 2.53. The fourth-order valence-electron chi connectivity index (χ4n) is 1.61. The molecular formula is C13H21ClN2O. The molecule has 17 heavy (non-hydrogen) atoms. The maximum Gasteiger partial charge on any atom is 0.226 e. The van der Waals surface area contributed by atoms with Crippen LogP contribution < -0.4 is 11.1 Å². The lowest BCUT2D eigenvalue weighted by atomic mass is 9.85. The van der Waals surface area contributed by atoms with Gasteiger partial charge in [0.05, 0.1) is 0 Å². The molecule has 1 aromatic rings. The van der Waals surface area contributed by atoms with Crippen LogP contribution in [-0.2, 0) is 11.2 Å². The number of rotatable bonds is 5. The van der Waals surface area contributed by atoms with E-state index in [1.807, 2.05) is 44.2 Å². The Hall–Kier alpha value is -1.06. The van der Waals surface area contributed by atoms with E-state index in [0.717, 1.165) is 6.42 Å². The van der Waals surface area contributed by atoms with Crippen LogP contribution in [0, 0.1) is 5.41 Å². The Morgan fingerprint density at radius 1 is 1.29 bits per heavy atom. The van der Waals surface area contributed by atoms with Gasteiger partial charge in [-0.15, -0.1) is 12.4 Å². The number of amides is 1. The van der Waals surface area contributed by atoms with Gasteiger partial charge in [-0.3, -0.25) is 4.79 Å². The quantitative estimate of drug-likeness (QED) is 0.843. The molecule has 0 radical (unpaired) electrons. The zero-order chi connectivity index (χ0) is 12.0. The van der Waals surface area contributed by atoms with Gasteiger partial charge in [0.15, 0.2) is 0 Å². The molecule has 0 heterocycles. The van der Waals surface area contributed by atoms with Crippen molar-refractivity contribution in [2.24, 2.45) is 11.1 Å². The normalized spacial score (nSPS) is 10.5. The topological polar surface area (TPSA) is 55.1 Å². The van der Waals surface area contributed by atoms with Gasteiger partial charge in [0, 0.05) is 18.5 Å². The molecule has 1 aromatic carbocycles. The molecule has 0 fully saturated rings. The van der Waals surface area contributed by atoms with E-state index in [1.54, 1.807) is 0 Å². The summed E-state index contributed by atoms with van der Waals surface area (Å²) in [7, 11) is 0. The fraction of sp³-hybridized carbons (Fsp3) is 0.462. The molecular weight excluding hydrogens is 236 g/mol. The van der Waals surface area contributed by atoms with Crippen LogP contribution in [0.2, 0.25) is 0 Å². The van der Waals surface area contributed by atoms with E-state index in [4.69, 9.17) is 5.73 Å². The summed E-state index contributed by atoms with van der Waals surface area (Å²) in [5, 5.41) is 2.83. The van der Waals surface area contributed by atoms with E-state index in [9.17, 15) is 4.79 Å². The molecule has 3 N–H and O–H groups in total. The summed E-state index contributed by atoms with van der Waals surface area (Å²) < 4.78 is 0. The van der Waals surface area contributed by atoms with E-state index in [0.29, 0.717) is 13.1 Å². The third-order valence-electron chi connectivity index (χ3n) is 2.53. The highest BCUT2D eigenvalue weighted by Crippen LogP contribution is 2.21. The Bertz CT molecular complexity index is 339. The Balaban J connectivity index is 0.00000256. The van der Waals surface area contributed by atoms with Crippen molar-refractivity contribution in [3.63, 3.8) is 0 Å². The van der Waals surface area contributed by atoms with E-state index in [2.05, 4.69) is 5.32 Å². The fourth-order valence-corrected chi connectivity index (χ4v) is 1.61. The monoisotopic (exact) mass is 256 g/mol. The molecule has 0 saturated carbocycles. The van der Waals surface area contributed by atoms with Gasteiger partial charge in [0.25, 0.3) is 0 Å². The molecule has 3 nitrogen and oxygen atoms in total. The minimum atomic E-state index is -0.392. The average Bonchev–Trinajstić information content (AvgIpc) is 2.26. The van der Waals surface area contributed by atoms with Gasteiger partial charge in [-0.05, 0) is 12.0 Å². The lowest BCUT2D eigenvalue weighted by molar-refractivity contribution is -0.129. The van der Waals surface area contributed by atoms with Crippen LogP contribution in [0.1, 0.15) is 19.4 Å². The van der Waals surface area contributed by atoms with Gasteiger partial charge in [-0.1, -0.05) is 44.2 Å². The summed E-state index contributed by atoms with van der Waals surface area (Å²) in [6.45, 7) is 4.92. The summed E-state index contributed by atoms with van der Waals surface area (Å²) in [6.07, 6.45) is 0.740. The Morgan fingerprint density at radius 3 is 2.41 bits per heavy atom. The van der Waals surface area contributed by atoms with Crippen molar-refractivity contribution in [2.75, 3.05) is 13.1 Å². The first-order valence-electron chi connectivity index (χ1n) is 5.58. The first-order valence-corrected chi connectivity index (χ1v) is 5.58. The number of carbonyl (C=O) groups is 1. The highest BCUT2D eigenvalue weighted by atomic mass is 35.5. The van der Waals surface area contributed by atoms with Crippen LogP contribution >= 0.6 is 12.4 Å². The van der Waals surface area contributed by atoms with E-state index < -0.39 is 5.41 Å². The highest BCUT2D eigenvalue weighted by Gasteiger charge is 2.27. The molecule has 0 spiro atoms. The van der Waals surface area contributed by atoms with Crippen LogP contribution in [0.15, 0.2) is 30.3 Å². The van der Waals surface area contributed by atoms with Crippen molar-refractivity contribution in [3.05, 3.63) is 35.9 Å². The van der Waals surface area contributed by atoms with Crippen molar-refractivity contribution in [2.45, 2.75) is 20.3 Å². The van der Waals surface area contributed by atoms with Gasteiger partial charge in [0.2, 0.25) is 5.91 Å². The number of hydrogen-bond acceptors (Lipinski definition) is 2. The molecule has 1 rings (SSSR count). The summed E-state index contributed by atoms with van der Waals surface area (Å²) in [6, 6.07) is 10.0. The van der Waals surface area contributed by atoms with E-state index >= 15 is 0 Å². The molecule has 0 aliphatic carbocycles. The van der Waals surface area contributed by atoms with Gasteiger partial charge >= 0.3 is 0 Å². The summed E-state index contributed by atoms with van der Waals surface area (Å²) >= 11 is 0. The van der Waals surface area contributed by atoms with E-state index in [-0.39, 0.29) is 18.3 Å². The number of hydrogen-bond donors (Lipinski definition) is 2. The molecule has 0 aliphatic heterocycles. The minimum absolute atomic E-state index is 0. The highest BCUT2D eigenvalue weighted by molar-refractivity contribution is 5.85. The van der Waals surface area contributed by atoms with Crippen molar-refractivity contribution in [1.29, 1.82) is 0 Å². The molecule has 0 unspecified atom stereocenters. The van der Waals surface area contributed by atoms with Crippen molar-refractivity contribution in [1.82, 2.24) is 5.32 Å². The smallest absolute Gasteiger partial charge is 0.226 e. The van der Waals surface area contributed by atoms with Crippen LogP contribution in [0.4, 0.5) is 0 Å². The lowest BCUT2D eigenvalue weighted by Gasteiger charge is -2.23. The Kier molecular flexibility index (Phi) is 6.85. The number of nitrogens with one attached hydrogen (secondary N) is 1. The predicted octanol–water partition coefficient (Wildman–Crippen LogP) is 1.75. The zero-order valence-electron chi connectivity index (χ0n) is 10.4. The lowest BCUT2D eigenvalue weighted by Crippen LogP contribution is -2.40. The van der Waals surface area contributed by atoms with Gasteiger partial charge in [-0.25, -0.2) is 0 Å². The second-order valence-corrected chi connectivity index (χ2v) is 4.59. The number of halogens is 1. The summed E-state index contributed by atoms with van der Waals surface area (Å²) in [5.41, 5.74) is 6.14. The SMILES string of the molecule is CC(C)(Cc1ccccc1)C(=O)NCCN.Cl. The first kappa shape index (κ1) is 15.9. The van der Waals surface area contributed by atoms with Crippen molar-refractivity contribution < 1.29 is 4.79 Å². The number of nitrogens with two attached hydrogens (primary N) is 1. The van der Waals surface area contributed by atoms with Crippen LogP contribution in [0.5, 0.6) is 0 Å². The minimum Gasteiger partial charge on any atom is -0.354 e. The van der Waals surface area contributed by atoms with Crippen LogP contribution in [-0.4, -0.2) is 19.0 Å². The Labute approximate surface area is 109 Å². The Morgan fingerprint density at radius 2 is 1.88 bits per heavy atom. The molecule has 1 amide bonds. The average molecular weight is 257 g/mol. The molecule has 4 heteroatoms. The standard InChI is InChI=1S/C13H20N2O.ClH/c1-13(2,12(16)15-9-8-14)10-11-6-4-3-5-7-11;/h3-7H,8-10,14H2,1-2H3,(H,15,16);1H. The molecule has 0 aromatic heterocycles. The maximum atomic E-state index is 11.9. The second-order valence-electron chi connectivity index (χ2n) is 4.59. The molecule has 96 valence electrons. The maximum absolute atomic E-state index is 11.9. The number of carbonyl (C=O) groups excluding carboxylic acids is 1. The largest absolute Gasteiger partial charge is 0.354 e. The number of benzene rings is 1. The van der Waals surface area contributed by atoms with Crippen molar-refractivity contribution in [3.8, 4) is 0 Å². The molecule has 0 atom stereocenters. The van der Waals surface area contributed by atoms with Crippen molar-refractivity contribution >= 4 is 18.3 Å². The van der Waals surface area contributed by atoms with Gasteiger partial charge in [0.1, 0.15) is 0 Å². The third kappa shape index (κ3) is 5.20. The summed E-state index contributed by atoms with van der Waals surface area (Å²) in [4.78, 5) is 11.9. The first-order chi connectivity index (χ1) is 7.56. The zero-order valence-corrected chi connectivity index (χ0v) is 11.2. The molecule has 0 bridgehead atoms. The second kappa shape index (κ2) is 7.30. The van der Waals surface area contributed by atoms with Gasteiger partial charge < -0.3 is 11.1 Å².